The third-order valence-electron chi connectivity index (χ3n) is 4.00. The number of thiazole rings is 1. The van der Waals surface area contributed by atoms with Crippen molar-refractivity contribution in [3.63, 3.8) is 0 Å². The van der Waals surface area contributed by atoms with E-state index in [0.717, 1.165) is 62.2 Å². The van der Waals surface area contributed by atoms with E-state index in [4.69, 9.17) is 9.72 Å². The van der Waals surface area contributed by atoms with Gasteiger partial charge in [0.25, 0.3) is 0 Å². The summed E-state index contributed by atoms with van der Waals surface area (Å²) in [5.74, 6) is 0. The fourth-order valence-corrected chi connectivity index (χ4v) is 3.89. The summed E-state index contributed by atoms with van der Waals surface area (Å²) >= 11 is 1.77. The first kappa shape index (κ1) is 14.7. The van der Waals surface area contributed by atoms with E-state index < -0.39 is 0 Å². The number of fused-ring (bicyclic) bond motifs is 1. The maximum absolute atomic E-state index is 5.12. The minimum atomic E-state index is 0.852. The monoisotopic (exact) mass is 309 g/mol. The van der Waals surface area contributed by atoms with Gasteiger partial charge < -0.3 is 9.64 Å². The molecule has 2 aromatic heterocycles. The third-order valence-corrected chi connectivity index (χ3v) is 5.21. The Morgan fingerprint density at radius 2 is 2.00 bits per heavy atom. The van der Waals surface area contributed by atoms with Crippen molar-refractivity contribution in [1.82, 2.24) is 19.7 Å². The lowest BCUT2D eigenvalue weighted by molar-refractivity contribution is 0.169. The van der Waals surface area contributed by atoms with Crippen LogP contribution in [0, 0.1) is 6.92 Å². The van der Waals surface area contributed by atoms with Gasteiger partial charge in [0.1, 0.15) is 0 Å². The first-order valence-corrected chi connectivity index (χ1v) is 8.27. The Hall–Kier alpha value is -1.18. The SMILES string of the molecule is COCCCN1CCN(c2nc3c(s2)c(C)nn3C)CC1. The molecule has 2 aromatic rings. The van der Waals surface area contributed by atoms with E-state index in [-0.39, 0.29) is 0 Å². The molecule has 0 N–H and O–H groups in total. The Morgan fingerprint density at radius 3 is 2.67 bits per heavy atom. The van der Waals surface area contributed by atoms with Crippen LogP contribution in [0.2, 0.25) is 0 Å². The second-order valence-electron chi connectivity index (χ2n) is 5.53. The van der Waals surface area contributed by atoms with Crippen LogP contribution in [0.25, 0.3) is 10.3 Å². The summed E-state index contributed by atoms with van der Waals surface area (Å²) in [5.41, 5.74) is 2.09. The smallest absolute Gasteiger partial charge is 0.188 e. The highest BCUT2D eigenvalue weighted by Gasteiger charge is 2.21. The van der Waals surface area contributed by atoms with E-state index in [2.05, 4.69) is 21.8 Å². The van der Waals surface area contributed by atoms with Crippen LogP contribution in [-0.4, -0.2) is 66.1 Å². The van der Waals surface area contributed by atoms with Crippen molar-refractivity contribution in [2.45, 2.75) is 13.3 Å². The Balaban J connectivity index is 1.61. The van der Waals surface area contributed by atoms with Crippen molar-refractivity contribution >= 4 is 26.8 Å². The van der Waals surface area contributed by atoms with Crippen LogP contribution in [0.4, 0.5) is 5.13 Å². The molecule has 116 valence electrons. The van der Waals surface area contributed by atoms with Gasteiger partial charge in [-0.3, -0.25) is 4.90 Å². The van der Waals surface area contributed by atoms with Crippen molar-refractivity contribution in [3.8, 4) is 0 Å². The first-order valence-electron chi connectivity index (χ1n) is 7.45. The van der Waals surface area contributed by atoms with Gasteiger partial charge in [0.15, 0.2) is 10.8 Å². The molecule has 21 heavy (non-hydrogen) atoms. The lowest BCUT2D eigenvalue weighted by atomic mass is 10.3. The van der Waals surface area contributed by atoms with Gasteiger partial charge in [-0.2, -0.15) is 5.10 Å². The average molecular weight is 309 g/mol. The van der Waals surface area contributed by atoms with Gasteiger partial charge in [-0.05, 0) is 13.3 Å². The summed E-state index contributed by atoms with van der Waals surface area (Å²) in [6, 6.07) is 0. The molecule has 3 heterocycles. The van der Waals surface area contributed by atoms with Crippen LogP contribution >= 0.6 is 11.3 Å². The Labute approximate surface area is 129 Å². The molecule has 1 aliphatic rings. The van der Waals surface area contributed by atoms with Gasteiger partial charge in [-0.25, -0.2) is 9.67 Å². The second kappa shape index (κ2) is 6.29. The molecule has 0 aromatic carbocycles. The number of rotatable bonds is 5. The predicted molar refractivity (Wildman–Crippen MR) is 86.3 cm³/mol. The van der Waals surface area contributed by atoms with E-state index in [1.807, 2.05) is 11.7 Å². The van der Waals surface area contributed by atoms with E-state index in [1.165, 1.54) is 4.70 Å². The minimum absolute atomic E-state index is 0.852. The molecule has 1 fully saturated rings. The second-order valence-corrected chi connectivity index (χ2v) is 6.51. The van der Waals surface area contributed by atoms with Crippen molar-refractivity contribution in [2.24, 2.45) is 7.05 Å². The number of hydrogen-bond acceptors (Lipinski definition) is 6. The number of hydrogen-bond donors (Lipinski definition) is 0. The van der Waals surface area contributed by atoms with E-state index in [1.54, 1.807) is 18.4 Å². The largest absolute Gasteiger partial charge is 0.385 e. The summed E-state index contributed by atoms with van der Waals surface area (Å²) in [5, 5.41) is 5.55. The van der Waals surface area contributed by atoms with Gasteiger partial charge >= 0.3 is 0 Å². The molecule has 0 aliphatic carbocycles. The molecule has 0 atom stereocenters. The molecule has 0 saturated carbocycles. The number of aryl methyl sites for hydroxylation is 2. The fraction of sp³-hybridized carbons (Fsp3) is 0.714. The number of aromatic nitrogens is 3. The van der Waals surface area contributed by atoms with Gasteiger partial charge in [0.2, 0.25) is 0 Å². The van der Waals surface area contributed by atoms with Crippen LogP contribution in [0.3, 0.4) is 0 Å². The van der Waals surface area contributed by atoms with Crippen molar-refractivity contribution < 1.29 is 4.74 Å². The van der Waals surface area contributed by atoms with Crippen LogP contribution in [0.5, 0.6) is 0 Å². The lowest BCUT2D eigenvalue weighted by Gasteiger charge is -2.34. The maximum atomic E-state index is 5.12. The zero-order chi connectivity index (χ0) is 14.8. The highest BCUT2D eigenvalue weighted by atomic mass is 32.1. The molecule has 7 heteroatoms. The fourth-order valence-electron chi connectivity index (χ4n) is 2.80. The van der Waals surface area contributed by atoms with Gasteiger partial charge in [-0.1, -0.05) is 11.3 Å². The van der Waals surface area contributed by atoms with E-state index in [0.29, 0.717) is 0 Å². The minimum Gasteiger partial charge on any atom is -0.385 e. The zero-order valence-corrected chi connectivity index (χ0v) is 13.8. The molecule has 1 aliphatic heterocycles. The predicted octanol–water partition coefficient (Wildman–Crippen LogP) is 1.50. The molecule has 3 rings (SSSR count). The van der Waals surface area contributed by atoms with Crippen LogP contribution in [-0.2, 0) is 11.8 Å². The molecular formula is C14H23N5OS. The molecule has 6 nitrogen and oxygen atoms in total. The number of ether oxygens (including phenoxy) is 1. The molecule has 0 unspecified atom stereocenters. The molecule has 0 bridgehead atoms. The molecule has 0 amide bonds. The molecule has 1 saturated heterocycles. The highest BCUT2D eigenvalue weighted by molar-refractivity contribution is 7.22. The standard InChI is InChI=1S/C14H23N5OS/c1-11-12-13(17(2)16-11)15-14(21-12)19-8-6-18(7-9-19)5-4-10-20-3/h4-10H2,1-3H3. The van der Waals surface area contributed by atoms with Crippen LogP contribution in [0.1, 0.15) is 12.1 Å². The number of nitrogens with zero attached hydrogens (tertiary/aromatic N) is 5. The van der Waals surface area contributed by atoms with Gasteiger partial charge in [-0.15, -0.1) is 0 Å². The van der Waals surface area contributed by atoms with Crippen molar-refractivity contribution in [1.29, 1.82) is 0 Å². The van der Waals surface area contributed by atoms with Crippen molar-refractivity contribution in [2.75, 3.05) is 51.3 Å². The number of methoxy groups -OCH3 is 1. The van der Waals surface area contributed by atoms with E-state index >= 15 is 0 Å². The molecule has 0 radical (unpaired) electrons. The summed E-state index contributed by atoms with van der Waals surface area (Å²) in [6.45, 7) is 8.36. The Bertz CT molecular complexity index is 565. The third kappa shape index (κ3) is 3.04. The summed E-state index contributed by atoms with van der Waals surface area (Å²) in [7, 11) is 3.73. The number of anilines is 1. The average Bonchev–Trinajstić information content (AvgIpc) is 3.03. The van der Waals surface area contributed by atoms with Crippen LogP contribution < -0.4 is 4.90 Å². The molecule has 0 spiro atoms. The first-order chi connectivity index (χ1) is 10.2. The van der Waals surface area contributed by atoms with Gasteiger partial charge in [0, 0.05) is 53.5 Å². The normalized spacial score (nSPS) is 17.0. The maximum Gasteiger partial charge on any atom is 0.188 e. The zero-order valence-electron chi connectivity index (χ0n) is 13.0. The molecular weight excluding hydrogens is 286 g/mol. The summed E-state index contributed by atoms with van der Waals surface area (Å²) < 4.78 is 8.22. The highest BCUT2D eigenvalue weighted by Crippen LogP contribution is 2.31. The lowest BCUT2D eigenvalue weighted by Crippen LogP contribution is -2.46. The van der Waals surface area contributed by atoms with Gasteiger partial charge in [0.05, 0.1) is 10.4 Å². The summed E-state index contributed by atoms with van der Waals surface area (Å²) in [6.07, 6.45) is 1.11. The topological polar surface area (TPSA) is 46.4 Å². The van der Waals surface area contributed by atoms with E-state index in [9.17, 15) is 0 Å². The Kier molecular flexibility index (Phi) is 4.42. The quantitative estimate of drug-likeness (QED) is 0.783. The Morgan fingerprint density at radius 1 is 1.24 bits per heavy atom. The number of piperazine rings is 1. The van der Waals surface area contributed by atoms with Crippen LogP contribution in [0.15, 0.2) is 0 Å². The van der Waals surface area contributed by atoms with Crippen molar-refractivity contribution in [3.05, 3.63) is 5.69 Å². The summed E-state index contributed by atoms with van der Waals surface area (Å²) in [4.78, 5) is 9.67.